The summed E-state index contributed by atoms with van der Waals surface area (Å²) in [6.45, 7) is 11.6. The third-order valence-electron chi connectivity index (χ3n) is 7.29. The molecule has 1 N–H and O–H groups in total. The van der Waals surface area contributed by atoms with Crippen LogP contribution in [0.2, 0.25) is 0 Å². The van der Waals surface area contributed by atoms with Gasteiger partial charge in [0.05, 0.1) is 37.9 Å². The number of hydrogen-bond donors (Lipinski definition) is 1. The summed E-state index contributed by atoms with van der Waals surface area (Å²) in [7, 11) is 1.62. The molecule has 1 fully saturated rings. The molecule has 0 bridgehead atoms. The van der Waals surface area contributed by atoms with Gasteiger partial charge >= 0.3 is 6.09 Å². The topological polar surface area (TPSA) is 85.3 Å². The average molecular weight is 510 g/mol. The Bertz CT molecular complexity index is 1040. The molecular weight excluding hydrogens is 470 g/mol. The van der Waals surface area contributed by atoms with Crippen LogP contribution >= 0.6 is 0 Å². The number of ether oxygens (including phenoxy) is 3. The smallest absolute Gasteiger partial charge is 0.417 e. The van der Waals surface area contributed by atoms with E-state index in [2.05, 4.69) is 6.58 Å². The average Bonchev–Trinajstić information content (AvgIpc) is 3.21. The fourth-order valence-corrected chi connectivity index (χ4v) is 5.01. The second-order valence-corrected chi connectivity index (χ2v) is 9.93. The van der Waals surface area contributed by atoms with Gasteiger partial charge in [0.2, 0.25) is 5.91 Å². The van der Waals surface area contributed by atoms with Crippen molar-refractivity contribution in [3.05, 3.63) is 78.4 Å². The predicted octanol–water partition coefficient (Wildman–Crippen LogP) is 5.53. The van der Waals surface area contributed by atoms with Crippen LogP contribution in [0.3, 0.4) is 0 Å². The van der Waals surface area contributed by atoms with E-state index in [0.717, 1.165) is 21.8 Å². The van der Waals surface area contributed by atoms with Crippen molar-refractivity contribution in [2.75, 3.05) is 7.11 Å². The zero-order valence-electron chi connectivity index (χ0n) is 22.4. The number of nitrogens with zero attached hydrogens (tertiary/aromatic N) is 1. The summed E-state index contributed by atoms with van der Waals surface area (Å²) in [6.07, 6.45) is -0.0889. The molecule has 1 aliphatic rings. The van der Waals surface area contributed by atoms with Crippen LogP contribution < -0.4 is 4.74 Å². The summed E-state index contributed by atoms with van der Waals surface area (Å²) < 4.78 is 17.1. The van der Waals surface area contributed by atoms with Crippen molar-refractivity contribution in [2.24, 2.45) is 17.8 Å². The Labute approximate surface area is 220 Å². The number of benzene rings is 2. The molecule has 0 aliphatic carbocycles. The lowest BCUT2D eigenvalue weighted by Gasteiger charge is -2.35. The summed E-state index contributed by atoms with van der Waals surface area (Å²) in [5.74, 6) is -0.851. The first kappa shape index (κ1) is 28.4. The van der Waals surface area contributed by atoms with Gasteiger partial charge in [-0.2, -0.15) is 0 Å². The SMILES string of the molecule is C=CC[C@H](C)[C@H](OCc1ccc(OC)cc1)[C@@H](C)[C@@H](O)[C@H](C)C(=O)N1C(=O)O[C@H](c2ccccc2)[C@@H]1C. The highest BCUT2D eigenvalue weighted by Gasteiger charge is 2.46. The van der Waals surface area contributed by atoms with E-state index in [1.807, 2.05) is 74.5 Å². The van der Waals surface area contributed by atoms with E-state index in [1.165, 1.54) is 0 Å². The van der Waals surface area contributed by atoms with E-state index >= 15 is 0 Å². The standard InChI is InChI=1S/C30H39NO6/c1-7-11-19(2)27(36-18-23-14-16-25(35-6)17-15-23)20(3)26(32)21(4)29(33)31-22(5)28(37-30(31)34)24-12-9-8-10-13-24/h7-10,12-17,19-22,26-28,32H,1,11,18H2,2-6H3/t19-,20-,21-,22-,26+,27-,28-/m0/s1. The van der Waals surface area contributed by atoms with Gasteiger partial charge in [-0.1, -0.05) is 69.3 Å². The minimum Gasteiger partial charge on any atom is -0.497 e. The molecule has 1 heterocycles. The minimum atomic E-state index is -1.03. The lowest BCUT2D eigenvalue weighted by molar-refractivity contribution is -0.141. The summed E-state index contributed by atoms with van der Waals surface area (Å²) in [5, 5.41) is 11.3. The number of imide groups is 1. The van der Waals surface area contributed by atoms with Gasteiger partial charge in [-0.3, -0.25) is 4.79 Å². The maximum Gasteiger partial charge on any atom is 0.417 e. The quantitative estimate of drug-likeness (QED) is 0.379. The van der Waals surface area contributed by atoms with Crippen molar-refractivity contribution in [3.63, 3.8) is 0 Å². The molecule has 0 aromatic heterocycles. The molecule has 3 rings (SSSR count). The number of aliphatic hydroxyl groups is 1. The molecule has 7 atom stereocenters. The molecule has 200 valence electrons. The van der Waals surface area contributed by atoms with E-state index in [9.17, 15) is 14.7 Å². The number of hydrogen-bond acceptors (Lipinski definition) is 6. The highest BCUT2D eigenvalue weighted by Crippen LogP contribution is 2.35. The molecule has 7 nitrogen and oxygen atoms in total. The van der Waals surface area contributed by atoms with E-state index in [4.69, 9.17) is 14.2 Å². The van der Waals surface area contributed by atoms with E-state index in [0.29, 0.717) is 13.0 Å². The Morgan fingerprint density at radius 3 is 2.38 bits per heavy atom. The third kappa shape index (κ3) is 6.59. The molecule has 0 unspecified atom stereocenters. The molecular formula is C30H39NO6. The van der Waals surface area contributed by atoms with Gasteiger partial charge < -0.3 is 19.3 Å². The molecule has 0 spiro atoms. The fraction of sp³-hybridized carbons (Fsp3) is 0.467. The monoisotopic (exact) mass is 509 g/mol. The molecule has 0 radical (unpaired) electrons. The van der Waals surface area contributed by atoms with Gasteiger partial charge in [-0.25, -0.2) is 9.69 Å². The van der Waals surface area contributed by atoms with E-state index < -0.39 is 36.2 Å². The highest BCUT2D eigenvalue weighted by atomic mass is 16.6. The highest BCUT2D eigenvalue weighted by molar-refractivity contribution is 5.95. The molecule has 0 saturated carbocycles. The lowest BCUT2D eigenvalue weighted by Crippen LogP contribution is -2.48. The van der Waals surface area contributed by atoms with E-state index in [1.54, 1.807) is 21.0 Å². The van der Waals surface area contributed by atoms with Gasteiger partial charge in [-0.05, 0) is 42.5 Å². The third-order valence-corrected chi connectivity index (χ3v) is 7.29. The fourth-order valence-electron chi connectivity index (χ4n) is 5.01. The predicted molar refractivity (Wildman–Crippen MR) is 142 cm³/mol. The lowest BCUT2D eigenvalue weighted by atomic mass is 9.82. The van der Waals surface area contributed by atoms with Crippen LogP contribution in [0.5, 0.6) is 5.75 Å². The van der Waals surface area contributed by atoms with Gasteiger partial charge in [-0.15, -0.1) is 6.58 Å². The summed E-state index contributed by atoms with van der Waals surface area (Å²) >= 11 is 0. The number of allylic oxidation sites excluding steroid dienone is 1. The number of carbonyl (C=O) groups excluding carboxylic acids is 2. The number of methoxy groups -OCH3 is 1. The summed E-state index contributed by atoms with van der Waals surface area (Å²) in [5.41, 5.74) is 1.80. The van der Waals surface area contributed by atoms with Crippen LogP contribution in [0.4, 0.5) is 4.79 Å². The second kappa shape index (κ2) is 12.9. The van der Waals surface area contributed by atoms with Gasteiger partial charge in [0.1, 0.15) is 11.9 Å². The first-order chi connectivity index (χ1) is 17.7. The number of aliphatic hydroxyl groups excluding tert-OH is 1. The number of amides is 2. The van der Waals surface area contributed by atoms with Crippen molar-refractivity contribution in [1.82, 2.24) is 4.90 Å². The zero-order valence-corrected chi connectivity index (χ0v) is 22.4. The molecule has 1 saturated heterocycles. The Hall–Kier alpha value is -3.16. The van der Waals surface area contributed by atoms with Crippen molar-refractivity contribution < 1.29 is 28.9 Å². The van der Waals surface area contributed by atoms with Crippen molar-refractivity contribution >= 4 is 12.0 Å². The molecule has 37 heavy (non-hydrogen) atoms. The maximum atomic E-state index is 13.4. The Balaban J connectivity index is 1.71. The Morgan fingerprint density at radius 1 is 1.14 bits per heavy atom. The van der Waals surface area contributed by atoms with Gasteiger partial charge in [0, 0.05) is 5.92 Å². The molecule has 7 heteroatoms. The number of cyclic esters (lactones) is 1. The van der Waals surface area contributed by atoms with Crippen LogP contribution in [0.15, 0.2) is 67.3 Å². The molecule has 2 aromatic carbocycles. The van der Waals surface area contributed by atoms with Crippen LogP contribution in [0.1, 0.15) is 51.3 Å². The van der Waals surface area contributed by atoms with Crippen molar-refractivity contribution in [3.8, 4) is 5.75 Å². The first-order valence-electron chi connectivity index (χ1n) is 12.8. The Kier molecular flexibility index (Phi) is 9.89. The largest absolute Gasteiger partial charge is 0.497 e. The first-order valence-corrected chi connectivity index (χ1v) is 12.8. The van der Waals surface area contributed by atoms with Crippen LogP contribution in [0, 0.1) is 17.8 Å². The van der Waals surface area contributed by atoms with Crippen LogP contribution in [0.25, 0.3) is 0 Å². The maximum absolute atomic E-state index is 13.4. The minimum absolute atomic E-state index is 0.0563. The van der Waals surface area contributed by atoms with E-state index in [-0.39, 0.29) is 17.9 Å². The van der Waals surface area contributed by atoms with Gasteiger partial charge in [0.15, 0.2) is 0 Å². The van der Waals surface area contributed by atoms with Crippen molar-refractivity contribution in [1.29, 1.82) is 0 Å². The van der Waals surface area contributed by atoms with Crippen LogP contribution in [-0.2, 0) is 20.9 Å². The second-order valence-electron chi connectivity index (χ2n) is 9.93. The summed E-state index contributed by atoms with van der Waals surface area (Å²) in [6, 6.07) is 16.5. The zero-order chi connectivity index (χ0) is 27.1. The molecule has 2 amide bonds. The summed E-state index contributed by atoms with van der Waals surface area (Å²) in [4.78, 5) is 27.3. The molecule has 2 aromatic rings. The number of carbonyl (C=O) groups is 2. The number of rotatable bonds is 12. The van der Waals surface area contributed by atoms with Crippen molar-refractivity contribution in [2.45, 2.75) is 65.1 Å². The van der Waals surface area contributed by atoms with Crippen LogP contribution in [-0.4, -0.2) is 47.4 Å². The Morgan fingerprint density at radius 2 is 1.78 bits per heavy atom. The normalized spacial score (nSPS) is 21.5. The van der Waals surface area contributed by atoms with Gasteiger partial charge in [0.25, 0.3) is 0 Å². The molecule has 1 aliphatic heterocycles.